The zero-order valence-corrected chi connectivity index (χ0v) is 15.3. The number of carbonyl (C=O) groups is 2. The van der Waals surface area contributed by atoms with E-state index < -0.39 is 11.8 Å². The van der Waals surface area contributed by atoms with Gasteiger partial charge in [0.1, 0.15) is 23.9 Å². The number of ether oxygens (including phenoxy) is 2. The molecular weight excluding hydrogens is 360 g/mol. The standard InChI is InChI=1S/C21H20N2O5/c1-15-7-5-6-10-18(15)27-14-20(24)22-23-21(25)19-12-11-17(28-19)13-26-16-8-3-2-4-9-16/h2-12H,13-14H2,1H3,(H,22,24)(H,23,25). The predicted octanol–water partition coefficient (Wildman–Crippen LogP) is 3.01. The van der Waals surface area contributed by atoms with Gasteiger partial charge in [0, 0.05) is 0 Å². The summed E-state index contributed by atoms with van der Waals surface area (Å²) in [4.78, 5) is 23.9. The third-order valence-electron chi connectivity index (χ3n) is 3.78. The maximum absolute atomic E-state index is 12.1. The Balaban J connectivity index is 1.42. The molecular formula is C21H20N2O5. The summed E-state index contributed by atoms with van der Waals surface area (Å²) in [6.07, 6.45) is 0. The highest BCUT2D eigenvalue weighted by Crippen LogP contribution is 2.16. The zero-order chi connectivity index (χ0) is 19.8. The Bertz CT molecular complexity index is 937. The molecule has 0 aliphatic rings. The Kier molecular flexibility index (Phi) is 6.30. The van der Waals surface area contributed by atoms with Crippen LogP contribution in [0.2, 0.25) is 0 Å². The molecule has 28 heavy (non-hydrogen) atoms. The van der Waals surface area contributed by atoms with Crippen molar-refractivity contribution in [3.63, 3.8) is 0 Å². The van der Waals surface area contributed by atoms with Crippen LogP contribution in [0, 0.1) is 6.92 Å². The lowest BCUT2D eigenvalue weighted by molar-refractivity contribution is -0.123. The van der Waals surface area contributed by atoms with Gasteiger partial charge in [0.2, 0.25) is 0 Å². The van der Waals surface area contributed by atoms with Gasteiger partial charge >= 0.3 is 5.91 Å². The third kappa shape index (κ3) is 5.38. The van der Waals surface area contributed by atoms with Crippen LogP contribution in [0.5, 0.6) is 11.5 Å². The summed E-state index contributed by atoms with van der Waals surface area (Å²) in [5, 5.41) is 0. The van der Waals surface area contributed by atoms with Crippen molar-refractivity contribution >= 4 is 11.8 Å². The molecule has 2 amide bonds. The number of nitrogens with one attached hydrogen (secondary N) is 2. The molecule has 0 bridgehead atoms. The van der Waals surface area contributed by atoms with E-state index in [9.17, 15) is 9.59 Å². The maximum atomic E-state index is 12.1. The van der Waals surface area contributed by atoms with E-state index in [4.69, 9.17) is 13.9 Å². The van der Waals surface area contributed by atoms with Gasteiger partial charge in [-0.25, -0.2) is 0 Å². The van der Waals surface area contributed by atoms with E-state index in [1.807, 2.05) is 55.5 Å². The predicted molar refractivity (Wildman–Crippen MR) is 102 cm³/mol. The van der Waals surface area contributed by atoms with Gasteiger partial charge < -0.3 is 13.9 Å². The molecule has 0 radical (unpaired) electrons. The van der Waals surface area contributed by atoms with Crippen molar-refractivity contribution in [2.45, 2.75) is 13.5 Å². The van der Waals surface area contributed by atoms with Crippen LogP contribution in [0.3, 0.4) is 0 Å². The summed E-state index contributed by atoms with van der Waals surface area (Å²) < 4.78 is 16.4. The van der Waals surface area contributed by atoms with Gasteiger partial charge in [0.05, 0.1) is 0 Å². The number of aryl methyl sites for hydroxylation is 1. The molecule has 1 heterocycles. The first-order valence-corrected chi connectivity index (χ1v) is 8.66. The zero-order valence-electron chi connectivity index (χ0n) is 15.3. The Labute approximate surface area is 162 Å². The lowest BCUT2D eigenvalue weighted by Gasteiger charge is -2.09. The van der Waals surface area contributed by atoms with E-state index in [0.29, 0.717) is 17.3 Å². The van der Waals surface area contributed by atoms with Crippen LogP contribution in [-0.4, -0.2) is 18.4 Å². The van der Waals surface area contributed by atoms with Gasteiger partial charge in [-0.15, -0.1) is 0 Å². The van der Waals surface area contributed by atoms with Gasteiger partial charge in [-0.05, 0) is 42.8 Å². The molecule has 0 saturated heterocycles. The minimum absolute atomic E-state index is 0.0618. The molecule has 3 aromatic rings. The van der Waals surface area contributed by atoms with E-state index in [-0.39, 0.29) is 19.0 Å². The van der Waals surface area contributed by atoms with Gasteiger partial charge in [-0.2, -0.15) is 0 Å². The average molecular weight is 380 g/mol. The van der Waals surface area contributed by atoms with Crippen LogP contribution in [0.1, 0.15) is 21.9 Å². The number of hydrogen-bond acceptors (Lipinski definition) is 5. The van der Waals surface area contributed by atoms with Crippen LogP contribution in [0.4, 0.5) is 0 Å². The van der Waals surface area contributed by atoms with Gasteiger partial charge in [-0.1, -0.05) is 36.4 Å². The molecule has 144 valence electrons. The van der Waals surface area contributed by atoms with Crippen molar-refractivity contribution in [2.75, 3.05) is 6.61 Å². The highest BCUT2D eigenvalue weighted by Gasteiger charge is 2.13. The Morgan fingerprint density at radius 2 is 1.64 bits per heavy atom. The second kappa shape index (κ2) is 9.27. The molecule has 0 spiro atoms. The summed E-state index contributed by atoms with van der Waals surface area (Å²) in [5.74, 6) is 0.796. The van der Waals surface area contributed by atoms with Crippen molar-refractivity contribution in [1.29, 1.82) is 0 Å². The SMILES string of the molecule is Cc1ccccc1OCC(=O)NNC(=O)c1ccc(COc2ccccc2)o1. The third-order valence-corrected chi connectivity index (χ3v) is 3.78. The van der Waals surface area contributed by atoms with Crippen molar-refractivity contribution < 1.29 is 23.5 Å². The van der Waals surface area contributed by atoms with Crippen LogP contribution in [-0.2, 0) is 11.4 Å². The number of para-hydroxylation sites is 2. The molecule has 0 aliphatic carbocycles. The lowest BCUT2D eigenvalue weighted by Crippen LogP contribution is -2.43. The topological polar surface area (TPSA) is 89.8 Å². The first-order chi connectivity index (χ1) is 13.6. The van der Waals surface area contributed by atoms with Gasteiger partial charge in [-0.3, -0.25) is 20.4 Å². The summed E-state index contributed by atoms with van der Waals surface area (Å²) in [6.45, 7) is 1.85. The number of furan rings is 1. The van der Waals surface area contributed by atoms with E-state index in [2.05, 4.69) is 10.9 Å². The maximum Gasteiger partial charge on any atom is 0.305 e. The second-order valence-electron chi connectivity index (χ2n) is 5.92. The average Bonchev–Trinajstić information content (AvgIpc) is 3.20. The largest absolute Gasteiger partial charge is 0.486 e. The van der Waals surface area contributed by atoms with E-state index >= 15 is 0 Å². The molecule has 3 rings (SSSR count). The quantitative estimate of drug-likeness (QED) is 0.615. The summed E-state index contributed by atoms with van der Waals surface area (Å²) in [6, 6.07) is 19.8. The van der Waals surface area contributed by atoms with Gasteiger partial charge in [0.25, 0.3) is 5.91 Å². The number of hydrogen-bond donors (Lipinski definition) is 2. The monoisotopic (exact) mass is 380 g/mol. The molecule has 7 heteroatoms. The highest BCUT2D eigenvalue weighted by atomic mass is 16.5. The molecule has 1 aromatic heterocycles. The Morgan fingerprint density at radius 3 is 2.43 bits per heavy atom. The number of carbonyl (C=O) groups excluding carboxylic acids is 2. The molecule has 0 unspecified atom stereocenters. The molecule has 2 N–H and O–H groups in total. The fourth-order valence-corrected chi connectivity index (χ4v) is 2.33. The number of benzene rings is 2. The molecule has 0 fully saturated rings. The minimum atomic E-state index is -0.574. The fraction of sp³-hybridized carbons (Fsp3) is 0.143. The Morgan fingerprint density at radius 1 is 0.893 bits per heavy atom. The number of amides is 2. The van der Waals surface area contributed by atoms with E-state index in [1.165, 1.54) is 6.07 Å². The van der Waals surface area contributed by atoms with Crippen molar-refractivity contribution in [1.82, 2.24) is 10.9 Å². The van der Waals surface area contributed by atoms with Crippen molar-refractivity contribution in [2.24, 2.45) is 0 Å². The number of rotatable bonds is 7. The van der Waals surface area contributed by atoms with E-state index in [1.54, 1.807) is 12.1 Å². The molecule has 0 saturated carbocycles. The molecule has 0 aliphatic heterocycles. The van der Waals surface area contributed by atoms with Crippen LogP contribution >= 0.6 is 0 Å². The van der Waals surface area contributed by atoms with E-state index in [0.717, 1.165) is 5.56 Å². The highest BCUT2D eigenvalue weighted by molar-refractivity contribution is 5.93. The van der Waals surface area contributed by atoms with Crippen LogP contribution < -0.4 is 20.3 Å². The second-order valence-corrected chi connectivity index (χ2v) is 5.92. The van der Waals surface area contributed by atoms with Crippen molar-refractivity contribution in [3.8, 4) is 11.5 Å². The van der Waals surface area contributed by atoms with Gasteiger partial charge in [0.15, 0.2) is 12.4 Å². The minimum Gasteiger partial charge on any atom is -0.486 e. The normalized spacial score (nSPS) is 10.2. The van der Waals surface area contributed by atoms with Crippen LogP contribution in [0.15, 0.2) is 71.1 Å². The molecule has 2 aromatic carbocycles. The fourth-order valence-electron chi connectivity index (χ4n) is 2.33. The Hall–Kier alpha value is -3.74. The number of hydrazine groups is 1. The van der Waals surface area contributed by atoms with Crippen LogP contribution in [0.25, 0.3) is 0 Å². The lowest BCUT2D eigenvalue weighted by atomic mass is 10.2. The summed E-state index contributed by atoms with van der Waals surface area (Å²) in [7, 11) is 0. The first kappa shape index (κ1) is 19.0. The molecule has 0 atom stereocenters. The van der Waals surface area contributed by atoms with Crippen molar-refractivity contribution in [3.05, 3.63) is 83.8 Å². The smallest absolute Gasteiger partial charge is 0.305 e. The summed E-state index contributed by atoms with van der Waals surface area (Å²) in [5.41, 5.74) is 5.48. The summed E-state index contributed by atoms with van der Waals surface area (Å²) >= 11 is 0. The first-order valence-electron chi connectivity index (χ1n) is 8.66. The molecule has 7 nitrogen and oxygen atoms in total.